The lowest BCUT2D eigenvalue weighted by atomic mass is 9.98. The summed E-state index contributed by atoms with van der Waals surface area (Å²) < 4.78 is 1.03. The van der Waals surface area contributed by atoms with Crippen LogP contribution < -0.4 is 0 Å². The van der Waals surface area contributed by atoms with Gasteiger partial charge in [-0.05, 0) is 30.0 Å². The van der Waals surface area contributed by atoms with Crippen LogP contribution in [0.15, 0.2) is 28.7 Å². The molecule has 2 unspecified atom stereocenters. The number of likely N-dealkylation sites (tertiary alicyclic amines) is 1. The maximum absolute atomic E-state index is 12.2. The van der Waals surface area contributed by atoms with Crippen molar-refractivity contribution in [2.24, 2.45) is 5.92 Å². The maximum atomic E-state index is 12.2. The minimum atomic E-state index is 0.0904. The number of piperidine rings is 1. The number of amides is 1. The van der Waals surface area contributed by atoms with Gasteiger partial charge in [0.1, 0.15) is 0 Å². The van der Waals surface area contributed by atoms with Crippen LogP contribution in [0.4, 0.5) is 0 Å². The molecule has 1 aliphatic rings. The Morgan fingerprint density at radius 3 is 2.72 bits per heavy atom. The highest BCUT2D eigenvalue weighted by Gasteiger charge is 2.27. The molecule has 1 amide bonds. The van der Waals surface area contributed by atoms with Gasteiger partial charge >= 0.3 is 0 Å². The zero-order chi connectivity index (χ0) is 13.1. The summed E-state index contributed by atoms with van der Waals surface area (Å²) in [6.07, 6.45) is 1.46. The van der Waals surface area contributed by atoms with Gasteiger partial charge in [0, 0.05) is 17.6 Å². The third-order valence-corrected chi connectivity index (χ3v) is 4.58. The minimum Gasteiger partial charge on any atom is -0.341 e. The predicted octanol–water partition coefficient (Wildman–Crippen LogP) is 3.47. The van der Waals surface area contributed by atoms with E-state index >= 15 is 0 Å². The first-order valence-corrected chi connectivity index (χ1v) is 7.45. The second kappa shape index (κ2) is 6.07. The van der Waals surface area contributed by atoms with Crippen LogP contribution in [0.2, 0.25) is 0 Å². The highest BCUT2D eigenvalue weighted by Crippen LogP contribution is 2.22. The highest BCUT2D eigenvalue weighted by atomic mass is 79.9. The molecular weight excluding hydrogens is 314 g/mol. The van der Waals surface area contributed by atoms with Crippen LogP contribution in [-0.2, 0) is 11.2 Å². The number of benzene rings is 1. The third-order valence-electron chi connectivity index (χ3n) is 3.49. The molecule has 18 heavy (non-hydrogen) atoms. The Hall–Kier alpha value is -0.540. The molecule has 2 atom stereocenters. The topological polar surface area (TPSA) is 20.3 Å². The molecule has 0 aliphatic carbocycles. The smallest absolute Gasteiger partial charge is 0.227 e. The number of rotatable bonds is 2. The van der Waals surface area contributed by atoms with Gasteiger partial charge in [0.05, 0.1) is 11.8 Å². The second-order valence-electron chi connectivity index (χ2n) is 4.92. The van der Waals surface area contributed by atoms with E-state index in [0.717, 1.165) is 23.0 Å². The Morgan fingerprint density at radius 2 is 2.11 bits per heavy atom. The third kappa shape index (κ3) is 3.48. The number of alkyl halides is 1. The van der Waals surface area contributed by atoms with Crippen molar-refractivity contribution >= 4 is 33.4 Å². The van der Waals surface area contributed by atoms with Crippen LogP contribution in [0.1, 0.15) is 18.9 Å². The fourth-order valence-electron chi connectivity index (χ4n) is 2.14. The fourth-order valence-corrected chi connectivity index (χ4v) is 2.69. The lowest BCUT2D eigenvalue weighted by molar-refractivity contribution is -0.131. The second-order valence-corrected chi connectivity index (χ2v) is 6.40. The van der Waals surface area contributed by atoms with E-state index in [1.165, 1.54) is 0 Å². The number of hydrogen-bond acceptors (Lipinski definition) is 1. The number of nitrogens with zero attached hydrogens (tertiary/aromatic N) is 1. The predicted molar refractivity (Wildman–Crippen MR) is 77.8 cm³/mol. The van der Waals surface area contributed by atoms with Crippen molar-refractivity contribution in [3.8, 4) is 0 Å². The van der Waals surface area contributed by atoms with Crippen molar-refractivity contribution in [1.82, 2.24) is 4.90 Å². The van der Waals surface area contributed by atoms with E-state index < -0.39 is 0 Å². The van der Waals surface area contributed by atoms with Crippen molar-refractivity contribution < 1.29 is 4.79 Å². The average molecular weight is 331 g/mol. The largest absolute Gasteiger partial charge is 0.341 e. The van der Waals surface area contributed by atoms with E-state index in [1.54, 1.807) is 0 Å². The van der Waals surface area contributed by atoms with Crippen LogP contribution in [0.3, 0.4) is 0 Å². The van der Waals surface area contributed by atoms with Crippen LogP contribution in [-0.4, -0.2) is 29.3 Å². The Bertz CT molecular complexity index is 420. The quantitative estimate of drug-likeness (QED) is 0.760. The first-order chi connectivity index (χ1) is 8.56. The lowest BCUT2D eigenvalue weighted by Crippen LogP contribution is -2.44. The van der Waals surface area contributed by atoms with Crippen molar-refractivity contribution in [3.05, 3.63) is 34.3 Å². The molecule has 98 valence electrons. The Labute approximate surface area is 121 Å². The summed E-state index contributed by atoms with van der Waals surface area (Å²) in [5.74, 6) is 0.679. The maximum Gasteiger partial charge on any atom is 0.227 e. The summed E-state index contributed by atoms with van der Waals surface area (Å²) in [6, 6.07) is 7.88. The van der Waals surface area contributed by atoms with Gasteiger partial charge in [0.2, 0.25) is 5.91 Å². The zero-order valence-electron chi connectivity index (χ0n) is 10.4. The van der Waals surface area contributed by atoms with Crippen LogP contribution >= 0.6 is 27.5 Å². The van der Waals surface area contributed by atoms with Gasteiger partial charge in [-0.1, -0.05) is 35.0 Å². The normalized spacial score (nSPS) is 24.1. The number of carbonyl (C=O) groups excluding carboxylic acids is 1. The van der Waals surface area contributed by atoms with Gasteiger partial charge in [-0.2, -0.15) is 0 Å². The van der Waals surface area contributed by atoms with Crippen LogP contribution in [0.5, 0.6) is 0 Å². The van der Waals surface area contributed by atoms with E-state index in [9.17, 15) is 4.79 Å². The van der Waals surface area contributed by atoms with E-state index in [2.05, 4.69) is 22.9 Å². The number of halogens is 2. The molecule has 0 spiro atoms. The summed E-state index contributed by atoms with van der Waals surface area (Å²) in [6.45, 7) is 3.66. The van der Waals surface area contributed by atoms with Crippen molar-refractivity contribution in [2.75, 3.05) is 13.1 Å². The first-order valence-electron chi connectivity index (χ1n) is 6.22. The van der Waals surface area contributed by atoms with Gasteiger partial charge in [-0.25, -0.2) is 0 Å². The molecule has 1 aromatic carbocycles. The summed E-state index contributed by atoms with van der Waals surface area (Å²) in [5.41, 5.74) is 1.05. The zero-order valence-corrected chi connectivity index (χ0v) is 12.7. The first kappa shape index (κ1) is 13.9. The monoisotopic (exact) mass is 329 g/mol. The molecule has 1 heterocycles. The molecule has 0 radical (unpaired) electrons. The Balaban J connectivity index is 1.94. The summed E-state index contributed by atoms with van der Waals surface area (Å²) >= 11 is 9.62. The number of carbonyl (C=O) groups is 1. The molecule has 0 bridgehead atoms. The molecule has 2 rings (SSSR count). The lowest BCUT2D eigenvalue weighted by Gasteiger charge is -2.34. The van der Waals surface area contributed by atoms with Crippen molar-refractivity contribution in [1.29, 1.82) is 0 Å². The van der Waals surface area contributed by atoms with Gasteiger partial charge in [-0.3, -0.25) is 4.79 Å². The summed E-state index contributed by atoms with van der Waals surface area (Å²) in [5, 5.41) is 0.0904. The van der Waals surface area contributed by atoms with E-state index in [4.69, 9.17) is 11.6 Å². The van der Waals surface area contributed by atoms with Gasteiger partial charge in [-0.15, -0.1) is 11.6 Å². The van der Waals surface area contributed by atoms with Crippen molar-refractivity contribution in [2.45, 2.75) is 25.1 Å². The molecular formula is C14H17BrClNO. The number of hydrogen-bond donors (Lipinski definition) is 0. The van der Waals surface area contributed by atoms with E-state index in [0.29, 0.717) is 18.9 Å². The molecule has 0 saturated carbocycles. The average Bonchev–Trinajstić information content (AvgIpc) is 2.35. The van der Waals surface area contributed by atoms with Gasteiger partial charge in [0.25, 0.3) is 0 Å². The van der Waals surface area contributed by atoms with Gasteiger partial charge < -0.3 is 4.90 Å². The molecule has 1 aliphatic heterocycles. The van der Waals surface area contributed by atoms with Crippen molar-refractivity contribution in [3.63, 3.8) is 0 Å². The molecule has 1 saturated heterocycles. The van der Waals surface area contributed by atoms with Gasteiger partial charge in [0.15, 0.2) is 0 Å². The molecule has 1 fully saturated rings. The summed E-state index contributed by atoms with van der Waals surface area (Å²) in [4.78, 5) is 14.0. The minimum absolute atomic E-state index is 0.0904. The molecule has 0 aromatic heterocycles. The van der Waals surface area contributed by atoms with Crippen LogP contribution in [0.25, 0.3) is 0 Å². The highest BCUT2D eigenvalue weighted by molar-refractivity contribution is 9.10. The fraction of sp³-hybridized carbons (Fsp3) is 0.500. The molecule has 1 aromatic rings. The Kier molecular flexibility index (Phi) is 4.68. The SMILES string of the molecule is CC1CCN(C(=O)Cc2ccc(Br)cc2)CC1Cl. The summed E-state index contributed by atoms with van der Waals surface area (Å²) in [7, 11) is 0. The Morgan fingerprint density at radius 1 is 1.44 bits per heavy atom. The van der Waals surface area contributed by atoms with Crippen LogP contribution in [0, 0.1) is 5.92 Å². The van der Waals surface area contributed by atoms with E-state index in [1.807, 2.05) is 29.2 Å². The molecule has 4 heteroatoms. The van der Waals surface area contributed by atoms with E-state index in [-0.39, 0.29) is 11.3 Å². The molecule has 2 nitrogen and oxygen atoms in total. The molecule has 0 N–H and O–H groups in total. The standard InChI is InChI=1S/C14H17BrClNO/c1-10-6-7-17(9-13(10)16)14(18)8-11-2-4-12(15)5-3-11/h2-5,10,13H,6-9H2,1H3.